The molecule has 0 bridgehead atoms. The maximum Gasteiger partial charge on any atom is 0.247 e. The lowest BCUT2D eigenvalue weighted by atomic mass is 9.85. The van der Waals surface area contributed by atoms with Gasteiger partial charge < -0.3 is 9.73 Å². The van der Waals surface area contributed by atoms with Crippen molar-refractivity contribution in [2.45, 2.75) is 45.6 Å². The zero-order chi connectivity index (χ0) is 13.9. The van der Waals surface area contributed by atoms with Crippen LogP contribution in [0.4, 0.5) is 5.69 Å². The lowest BCUT2D eigenvalue weighted by molar-refractivity contribution is 0.349. The number of aromatic nitrogens is 2. The first-order chi connectivity index (χ1) is 9.74. The molecule has 1 aliphatic carbocycles. The van der Waals surface area contributed by atoms with Gasteiger partial charge in [0, 0.05) is 17.3 Å². The summed E-state index contributed by atoms with van der Waals surface area (Å²) in [6, 6.07) is 6.82. The lowest BCUT2D eigenvalue weighted by Crippen LogP contribution is -2.30. The summed E-state index contributed by atoms with van der Waals surface area (Å²) >= 11 is 0. The van der Waals surface area contributed by atoms with Gasteiger partial charge in [-0.3, -0.25) is 0 Å². The van der Waals surface area contributed by atoms with Gasteiger partial charge >= 0.3 is 0 Å². The summed E-state index contributed by atoms with van der Waals surface area (Å²) in [4.78, 5) is 0. The fourth-order valence-corrected chi connectivity index (χ4v) is 2.94. The molecule has 0 aliphatic heterocycles. The van der Waals surface area contributed by atoms with Crippen LogP contribution in [0.2, 0.25) is 0 Å². The first-order valence-electron chi connectivity index (χ1n) is 7.38. The van der Waals surface area contributed by atoms with Gasteiger partial charge in [0.25, 0.3) is 0 Å². The van der Waals surface area contributed by atoms with Crippen molar-refractivity contribution in [3.05, 3.63) is 30.2 Å². The Hall–Kier alpha value is -1.84. The third kappa shape index (κ3) is 2.69. The van der Waals surface area contributed by atoms with Crippen molar-refractivity contribution in [3.63, 3.8) is 0 Å². The summed E-state index contributed by atoms with van der Waals surface area (Å²) in [5, 5.41) is 11.4. The minimum atomic E-state index is 0.570. The highest BCUT2D eigenvalue weighted by atomic mass is 16.4. The highest BCUT2D eigenvalue weighted by molar-refractivity contribution is 5.64. The maximum absolute atomic E-state index is 5.28. The van der Waals surface area contributed by atoms with Crippen LogP contribution in [-0.4, -0.2) is 16.2 Å². The molecular formula is C16H21N3O. The van der Waals surface area contributed by atoms with E-state index in [1.165, 1.54) is 43.3 Å². The number of hydrogen-bond acceptors (Lipinski definition) is 4. The molecule has 3 rings (SSSR count). The van der Waals surface area contributed by atoms with Crippen LogP contribution in [-0.2, 0) is 0 Å². The van der Waals surface area contributed by atoms with Crippen molar-refractivity contribution < 1.29 is 4.42 Å². The molecule has 1 fully saturated rings. The fourth-order valence-electron chi connectivity index (χ4n) is 2.94. The molecule has 1 heterocycles. The third-order valence-corrected chi connectivity index (χ3v) is 4.30. The second kappa shape index (κ2) is 5.65. The van der Waals surface area contributed by atoms with Gasteiger partial charge in [-0.1, -0.05) is 25.8 Å². The van der Waals surface area contributed by atoms with Gasteiger partial charge in [-0.25, -0.2) is 0 Å². The summed E-state index contributed by atoms with van der Waals surface area (Å²) < 4.78 is 5.28. The molecule has 2 aromatic rings. The van der Waals surface area contributed by atoms with Crippen molar-refractivity contribution in [1.29, 1.82) is 0 Å². The van der Waals surface area contributed by atoms with E-state index in [2.05, 4.69) is 41.5 Å². The minimum Gasteiger partial charge on any atom is -0.423 e. The number of nitrogens with zero attached hydrogens (tertiary/aromatic N) is 2. The van der Waals surface area contributed by atoms with Crippen LogP contribution in [0.5, 0.6) is 0 Å². The zero-order valence-electron chi connectivity index (χ0n) is 12.1. The zero-order valence-corrected chi connectivity index (χ0v) is 12.1. The van der Waals surface area contributed by atoms with Crippen LogP contribution >= 0.6 is 0 Å². The van der Waals surface area contributed by atoms with Crippen molar-refractivity contribution in [2.24, 2.45) is 5.92 Å². The SMILES string of the molecule is Cc1ccc(-c2nnco2)cc1NC1CCCCC1C. The molecule has 2 unspecified atom stereocenters. The predicted octanol–water partition coefficient (Wildman–Crippen LogP) is 4.04. The highest BCUT2D eigenvalue weighted by Crippen LogP contribution is 2.30. The first-order valence-corrected chi connectivity index (χ1v) is 7.38. The van der Waals surface area contributed by atoms with Gasteiger partial charge in [0.15, 0.2) is 0 Å². The van der Waals surface area contributed by atoms with Gasteiger partial charge in [-0.05, 0) is 43.4 Å². The van der Waals surface area contributed by atoms with Gasteiger partial charge in [0.2, 0.25) is 12.3 Å². The molecule has 0 amide bonds. The van der Waals surface area contributed by atoms with E-state index in [4.69, 9.17) is 4.42 Å². The quantitative estimate of drug-likeness (QED) is 0.915. The Kier molecular flexibility index (Phi) is 3.72. The average Bonchev–Trinajstić information content (AvgIpc) is 2.98. The molecule has 0 radical (unpaired) electrons. The molecule has 1 saturated carbocycles. The average molecular weight is 271 g/mol. The Balaban J connectivity index is 1.83. The van der Waals surface area contributed by atoms with E-state index in [1.54, 1.807) is 0 Å². The Morgan fingerprint density at radius 3 is 2.85 bits per heavy atom. The minimum absolute atomic E-state index is 0.570. The Morgan fingerprint density at radius 1 is 1.25 bits per heavy atom. The van der Waals surface area contributed by atoms with Gasteiger partial charge in [-0.2, -0.15) is 0 Å². The van der Waals surface area contributed by atoms with Gasteiger partial charge in [0.1, 0.15) is 0 Å². The number of rotatable bonds is 3. The molecule has 4 nitrogen and oxygen atoms in total. The molecule has 0 spiro atoms. The first kappa shape index (κ1) is 13.2. The van der Waals surface area contributed by atoms with E-state index in [0.29, 0.717) is 11.9 Å². The van der Waals surface area contributed by atoms with Crippen LogP contribution in [0, 0.1) is 12.8 Å². The van der Waals surface area contributed by atoms with Gasteiger partial charge in [-0.15, -0.1) is 10.2 Å². The Bertz CT molecular complexity index is 565. The number of hydrogen-bond donors (Lipinski definition) is 1. The molecule has 2 atom stereocenters. The number of anilines is 1. The summed E-state index contributed by atoms with van der Waals surface area (Å²) in [5.74, 6) is 1.31. The van der Waals surface area contributed by atoms with Crippen LogP contribution in [0.1, 0.15) is 38.2 Å². The van der Waals surface area contributed by atoms with Crippen molar-refractivity contribution in [1.82, 2.24) is 10.2 Å². The van der Waals surface area contributed by atoms with Crippen LogP contribution < -0.4 is 5.32 Å². The fraction of sp³-hybridized carbons (Fsp3) is 0.500. The third-order valence-electron chi connectivity index (χ3n) is 4.30. The standard InChI is InChI=1S/C16H21N3O/c1-11-5-3-4-6-14(11)18-15-9-13(8-7-12(15)2)16-19-17-10-20-16/h7-11,14,18H,3-6H2,1-2H3. The number of aryl methyl sites for hydroxylation is 1. The van der Waals surface area contributed by atoms with Gasteiger partial charge in [0.05, 0.1) is 0 Å². The van der Waals surface area contributed by atoms with E-state index in [0.717, 1.165) is 11.5 Å². The van der Waals surface area contributed by atoms with E-state index in [1.807, 2.05) is 6.07 Å². The monoisotopic (exact) mass is 271 g/mol. The van der Waals surface area contributed by atoms with E-state index in [9.17, 15) is 0 Å². The van der Waals surface area contributed by atoms with Crippen molar-refractivity contribution >= 4 is 5.69 Å². The predicted molar refractivity (Wildman–Crippen MR) is 79.5 cm³/mol. The second-order valence-electron chi connectivity index (χ2n) is 5.79. The number of nitrogens with one attached hydrogen (secondary N) is 1. The van der Waals surface area contributed by atoms with Crippen LogP contribution in [0.15, 0.2) is 29.0 Å². The summed E-state index contributed by atoms with van der Waals surface area (Å²) in [7, 11) is 0. The van der Waals surface area contributed by atoms with Crippen molar-refractivity contribution in [2.75, 3.05) is 5.32 Å². The van der Waals surface area contributed by atoms with E-state index < -0.39 is 0 Å². The molecule has 1 N–H and O–H groups in total. The van der Waals surface area contributed by atoms with Crippen LogP contribution in [0.25, 0.3) is 11.5 Å². The summed E-state index contributed by atoms with van der Waals surface area (Å²) in [5.41, 5.74) is 3.41. The van der Waals surface area contributed by atoms with Crippen molar-refractivity contribution in [3.8, 4) is 11.5 Å². The maximum atomic E-state index is 5.28. The molecule has 1 aromatic carbocycles. The molecule has 4 heteroatoms. The molecule has 106 valence electrons. The molecule has 0 saturated heterocycles. The molecule has 20 heavy (non-hydrogen) atoms. The normalized spacial score (nSPS) is 22.7. The summed E-state index contributed by atoms with van der Waals surface area (Å²) in [6.45, 7) is 4.47. The van der Waals surface area contributed by atoms with E-state index >= 15 is 0 Å². The molecular weight excluding hydrogens is 250 g/mol. The summed E-state index contributed by atoms with van der Waals surface area (Å²) in [6.07, 6.45) is 6.63. The Morgan fingerprint density at radius 2 is 2.10 bits per heavy atom. The Labute approximate surface area is 119 Å². The molecule has 1 aliphatic rings. The smallest absolute Gasteiger partial charge is 0.247 e. The largest absolute Gasteiger partial charge is 0.423 e. The number of benzene rings is 1. The highest BCUT2D eigenvalue weighted by Gasteiger charge is 2.21. The topological polar surface area (TPSA) is 51.0 Å². The lowest BCUT2D eigenvalue weighted by Gasteiger charge is -2.31. The van der Waals surface area contributed by atoms with Crippen LogP contribution in [0.3, 0.4) is 0 Å². The molecule has 1 aromatic heterocycles. The van der Waals surface area contributed by atoms with E-state index in [-0.39, 0.29) is 0 Å². The second-order valence-corrected chi connectivity index (χ2v) is 5.79.